The van der Waals surface area contributed by atoms with Crippen LogP contribution in [0.25, 0.3) is 0 Å². The zero-order chi connectivity index (χ0) is 12.1. The lowest BCUT2D eigenvalue weighted by atomic mass is 10.1. The van der Waals surface area contributed by atoms with Crippen molar-refractivity contribution in [1.29, 1.82) is 0 Å². The Balaban J connectivity index is 2.94. The molecule has 3 N–H and O–H groups in total. The summed E-state index contributed by atoms with van der Waals surface area (Å²) in [6.07, 6.45) is 0. The van der Waals surface area contributed by atoms with Gasteiger partial charge in [0.1, 0.15) is 0 Å². The number of ether oxygens (including phenoxy) is 1. The molecule has 88 valence electrons. The lowest BCUT2D eigenvalue weighted by Crippen LogP contribution is -2.25. The van der Waals surface area contributed by atoms with E-state index in [9.17, 15) is 4.79 Å². The molecule has 0 bridgehead atoms. The van der Waals surface area contributed by atoms with Gasteiger partial charge >= 0.3 is 5.97 Å². The lowest BCUT2D eigenvalue weighted by Gasteiger charge is -2.12. The maximum absolute atomic E-state index is 11.5. The summed E-state index contributed by atoms with van der Waals surface area (Å²) >= 11 is 3.35. The predicted molar refractivity (Wildman–Crippen MR) is 67.6 cm³/mol. The number of halogens is 1. The van der Waals surface area contributed by atoms with Crippen molar-refractivity contribution < 1.29 is 9.53 Å². The molecule has 0 amide bonds. The Morgan fingerprint density at radius 2 is 2.31 bits per heavy atom. The number of methoxy groups -OCH3 is 1. The summed E-state index contributed by atoms with van der Waals surface area (Å²) < 4.78 is 5.59. The molecule has 0 unspecified atom stereocenters. The molecule has 0 heterocycles. The molecule has 0 aliphatic rings. The van der Waals surface area contributed by atoms with Crippen molar-refractivity contribution in [2.75, 3.05) is 19.0 Å². The molecule has 0 aliphatic heterocycles. The summed E-state index contributed by atoms with van der Waals surface area (Å²) in [5.41, 5.74) is 6.87. The minimum Gasteiger partial charge on any atom is -0.465 e. The van der Waals surface area contributed by atoms with Crippen LogP contribution < -0.4 is 11.1 Å². The standard InChI is InChI=1S/C11H15BrN2O2/c1-7(13)6-14-10-5-8(12)3-4-9(10)11(15)16-2/h3-5,7,14H,6,13H2,1-2H3/t7-/m0/s1. The highest BCUT2D eigenvalue weighted by atomic mass is 79.9. The summed E-state index contributed by atoms with van der Waals surface area (Å²) in [5, 5.41) is 3.11. The van der Waals surface area contributed by atoms with Gasteiger partial charge in [-0.3, -0.25) is 0 Å². The number of hydrogen-bond acceptors (Lipinski definition) is 4. The van der Waals surface area contributed by atoms with Crippen molar-refractivity contribution in [2.45, 2.75) is 13.0 Å². The molecule has 0 saturated carbocycles. The maximum Gasteiger partial charge on any atom is 0.339 e. The number of carbonyl (C=O) groups excluding carboxylic acids is 1. The number of esters is 1. The van der Waals surface area contributed by atoms with Gasteiger partial charge in [-0.15, -0.1) is 0 Å². The topological polar surface area (TPSA) is 64.3 Å². The summed E-state index contributed by atoms with van der Waals surface area (Å²) in [6, 6.07) is 5.35. The van der Waals surface area contributed by atoms with Crippen molar-refractivity contribution in [3.05, 3.63) is 28.2 Å². The zero-order valence-electron chi connectivity index (χ0n) is 9.29. The molecule has 0 aliphatic carbocycles. The van der Waals surface area contributed by atoms with Crippen LogP contribution in [0, 0.1) is 0 Å². The fourth-order valence-corrected chi connectivity index (χ4v) is 1.58. The minimum atomic E-state index is -0.361. The van der Waals surface area contributed by atoms with Crippen LogP contribution in [0.2, 0.25) is 0 Å². The van der Waals surface area contributed by atoms with Crippen LogP contribution >= 0.6 is 15.9 Å². The van der Waals surface area contributed by atoms with Gasteiger partial charge in [0.15, 0.2) is 0 Å². The van der Waals surface area contributed by atoms with E-state index >= 15 is 0 Å². The number of hydrogen-bond donors (Lipinski definition) is 2. The number of rotatable bonds is 4. The van der Waals surface area contributed by atoms with E-state index in [0.717, 1.165) is 10.2 Å². The first kappa shape index (κ1) is 13.0. The highest BCUT2D eigenvalue weighted by Gasteiger charge is 2.11. The molecule has 1 aromatic rings. The minimum absolute atomic E-state index is 0.0180. The predicted octanol–water partition coefficient (Wildman–Crippen LogP) is 1.99. The van der Waals surface area contributed by atoms with Gasteiger partial charge in [-0.05, 0) is 25.1 Å². The summed E-state index contributed by atoms with van der Waals surface area (Å²) in [7, 11) is 1.36. The van der Waals surface area contributed by atoms with Gasteiger partial charge in [-0.1, -0.05) is 15.9 Å². The SMILES string of the molecule is COC(=O)c1ccc(Br)cc1NC[C@H](C)N. The monoisotopic (exact) mass is 286 g/mol. The average molecular weight is 287 g/mol. The van der Waals surface area contributed by atoms with Crippen molar-refractivity contribution in [1.82, 2.24) is 0 Å². The molecule has 0 radical (unpaired) electrons. The first-order valence-electron chi connectivity index (χ1n) is 4.92. The third kappa shape index (κ3) is 3.50. The van der Waals surface area contributed by atoms with E-state index in [4.69, 9.17) is 10.5 Å². The Morgan fingerprint density at radius 3 is 2.88 bits per heavy atom. The van der Waals surface area contributed by atoms with Crippen LogP contribution in [0.5, 0.6) is 0 Å². The molecule has 0 spiro atoms. The van der Waals surface area contributed by atoms with Crippen LogP contribution in [0.15, 0.2) is 22.7 Å². The number of nitrogens with two attached hydrogens (primary N) is 1. The Kier molecular flexibility index (Phi) is 4.76. The second kappa shape index (κ2) is 5.86. The first-order valence-corrected chi connectivity index (χ1v) is 5.71. The van der Waals surface area contributed by atoms with Crippen molar-refractivity contribution in [2.24, 2.45) is 5.73 Å². The maximum atomic E-state index is 11.5. The summed E-state index contributed by atoms with van der Waals surface area (Å²) in [4.78, 5) is 11.5. The first-order chi connectivity index (χ1) is 7.54. The number of benzene rings is 1. The molecular formula is C11H15BrN2O2. The number of nitrogens with one attached hydrogen (secondary N) is 1. The van der Waals surface area contributed by atoms with Gasteiger partial charge < -0.3 is 15.8 Å². The smallest absolute Gasteiger partial charge is 0.339 e. The van der Waals surface area contributed by atoms with Crippen LogP contribution in [-0.2, 0) is 4.74 Å². The van der Waals surface area contributed by atoms with E-state index in [2.05, 4.69) is 21.2 Å². The quantitative estimate of drug-likeness (QED) is 0.831. The third-order valence-corrected chi connectivity index (χ3v) is 2.49. The van der Waals surface area contributed by atoms with E-state index in [1.54, 1.807) is 12.1 Å². The highest BCUT2D eigenvalue weighted by Crippen LogP contribution is 2.22. The van der Waals surface area contributed by atoms with E-state index in [1.807, 2.05) is 13.0 Å². The van der Waals surface area contributed by atoms with Gasteiger partial charge in [0.2, 0.25) is 0 Å². The molecule has 16 heavy (non-hydrogen) atoms. The van der Waals surface area contributed by atoms with Gasteiger partial charge in [-0.25, -0.2) is 4.79 Å². The molecule has 1 atom stereocenters. The summed E-state index contributed by atoms with van der Waals surface area (Å²) in [6.45, 7) is 2.49. The second-order valence-electron chi connectivity index (χ2n) is 3.54. The number of carbonyl (C=O) groups is 1. The third-order valence-electron chi connectivity index (χ3n) is 2.00. The van der Waals surface area contributed by atoms with E-state index in [-0.39, 0.29) is 12.0 Å². The fraction of sp³-hybridized carbons (Fsp3) is 0.364. The van der Waals surface area contributed by atoms with Gasteiger partial charge in [-0.2, -0.15) is 0 Å². The molecular weight excluding hydrogens is 272 g/mol. The Hall–Kier alpha value is -1.07. The molecule has 5 heteroatoms. The molecule has 0 saturated heterocycles. The summed E-state index contributed by atoms with van der Waals surface area (Å²) in [5.74, 6) is -0.361. The largest absolute Gasteiger partial charge is 0.465 e. The van der Waals surface area contributed by atoms with Gasteiger partial charge in [0, 0.05) is 22.7 Å². The second-order valence-corrected chi connectivity index (χ2v) is 4.46. The van der Waals surface area contributed by atoms with E-state index in [1.165, 1.54) is 7.11 Å². The van der Waals surface area contributed by atoms with Gasteiger partial charge in [0.05, 0.1) is 12.7 Å². The van der Waals surface area contributed by atoms with Crippen LogP contribution in [-0.4, -0.2) is 25.7 Å². The van der Waals surface area contributed by atoms with E-state index < -0.39 is 0 Å². The van der Waals surface area contributed by atoms with Crippen molar-refractivity contribution in [3.63, 3.8) is 0 Å². The zero-order valence-corrected chi connectivity index (χ0v) is 10.9. The van der Waals surface area contributed by atoms with Crippen LogP contribution in [0.4, 0.5) is 5.69 Å². The highest BCUT2D eigenvalue weighted by molar-refractivity contribution is 9.10. The Morgan fingerprint density at radius 1 is 1.62 bits per heavy atom. The van der Waals surface area contributed by atoms with Gasteiger partial charge in [0.25, 0.3) is 0 Å². The average Bonchev–Trinajstić information content (AvgIpc) is 2.25. The fourth-order valence-electron chi connectivity index (χ4n) is 1.22. The van der Waals surface area contributed by atoms with Crippen molar-refractivity contribution in [3.8, 4) is 0 Å². The Labute approximate surface area is 103 Å². The lowest BCUT2D eigenvalue weighted by molar-refractivity contribution is 0.0602. The Bertz CT molecular complexity index is 380. The van der Waals surface area contributed by atoms with E-state index in [0.29, 0.717) is 12.1 Å². The molecule has 0 fully saturated rings. The van der Waals surface area contributed by atoms with Crippen LogP contribution in [0.3, 0.4) is 0 Å². The molecule has 1 rings (SSSR count). The molecule has 1 aromatic carbocycles. The van der Waals surface area contributed by atoms with Crippen LogP contribution in [0.1, 0.15) is 17.3 Å². The normalized spacial score (nSPS) is 12.0. The van der Waals surface area contributed by atoms with Crippen molar-refractivity contribution >= 4 is 27.6 Å². The number of anilines is 1. The molecule has 0 aromatic heterocycles. The molecule has 4 nitrogen and oxygen atoms in total.